The van der Waals surface area contributed by atoms with Gasteiger partial charge in [0.05, 0.1) is 7.11 Å². The Morgan fingerprint density at radius 3 is 2.48 bits per heavy atom. The molecular formula is C20H18ClNO3. The van der Waals surface area contributed by atoms with E-state index in [1.54, 1.807) is 23.1 Å². The van der Waals surface area contributed by atoms with Crippen molar-refractivity contribution in [3.8, 4) is 0 Å². The van der Waals surface area contributed by atoms with Crippen molar-refractivity contribution in [1.29, 1.82) is 0 Å². The lowest BCUT2D eigenvalue weighted by Crippen LogP contribution is -2.48. The molecule has 2 aromatic rings. The van der Waals surface area contributed by atoms with Gasteiger partial charge in [0, 0.05) is 24.1 Å². The summed E-state index contributed by atoms with van der Waals surface area (Å²) in [6.07, 6.45) is 3.66. The zero-order valence-electron chi connectivity index (χ0n) is 13.8. The third-order valence-electron chi connectivity index (χ3n) is 4.29. The second-order valence-corrected chi connectivity index (χ2v) is 6.30. The number of fused-ring (bicyclic) bond motifs is 1. The van der Waals surface area contributed by atoms with Gasteiger partial charge in [-0.1, -0.05) is 48.0 Å². The summed E-state index contributed by atoms with van der Waals surface area (Å²) < 4.78 is 4.89. The van der Waals surface area contributed by atoms with Crippen LogP contribution in [-0.4, -0.2) is 29.9 Å². The molecule has 0 radical (unpaired) electrons. The number of rotatable bonds is 3. The lowest BCUT2D eigenvalue weighted by molar-refractivity contribution is -0.152. The Labute approximate surface area is 151 Å². The largest absolute Gasteiger partial charge is 0.467 e. The molecule has 1 heterocycles. The van der Waals surface area contributed by atoms with Crippen LogP contribution in [0.3, 0.4) is 0 Å². The summed E-state index contributed by atoms with van der Waals surface area (Å²) in [5.41, 5.74) is 2.99. The minimum absolute atomic E-state index is 0.222. The highest BCUT2D eigenvalue weighted by molar-refractivity contribution is 6.30. The normalized spacial score (nSPS) is 16.6. The lowest BCUT2D eigenvalue weighted by atomic mass is 9.94. The molecule has 0 fully saturated rings. The van der Waals surface area contributed by atoms with Crippen molar-refractivity contribution in [3.63, 3.8) is 0 Å². The molecular weight excluding hydrogens is 338 g/mol. The highest BCUT2D eigenvalue weighted by atomic mass is 35.5. The van der Waals surface area contributed by atoms with Gasteiger partial charge in [-0.25, -0.2) is 4.79 Å². The molecule has 0 saturated heterocycles. The van der Waals surface area contributed by atoms with Gasteiger partial charge in [-0.3, -0.25) is 4.79 Å². The van der Waals surface area contributed by atoms with Crippen LogP contribution in [0.25, 0.3) is 6.08 Å². The molecule has 1 aliphatic rings. The molecule has 0 bridgehead atoms. The summed E-state index contributed by atoms with van der Waals surface area (Å²) >= 11 is 5.86. The number of methoxy groups -OCH3 is 1. The second-order valence-electron chi connectivity index (χ2n) is 5.86. The summed E-state index contributed by atoms with van der Waals surface area (Å²) in [5, 5.41) is 0.641. The van der Waals surface area contributed by atoms with Crippen LogP contribution in [0.2, 0.25) is 5.02 Å². The Balaban J connectivity index is 1.83. The van der Waals surface area contributed by atoms with Crippen LogP contribution in [0, 0.1) is 0 Å². The molecule has 0 N–H and O–H groups in total. The van der Waals surface area contributed by atoms with Crippen LogP contribution in [0.4, 0.5) is 0 Å². The number of amides is 1. The van der Waals surface area contributed by atoms with Crippen LogP contribution >= 0.6 is 11.6 Å². The van der Waals surface area contributed by atoms with Crippen molar-refractivity contribution in [3.05, 3.63) is 76.3 Å². The first-order chi connectivity index (χ1) is 12.1. The first-order valence-electron chi connectivity index (χ1n) is 7.97. The van der Waals surface area contributed by atoms with Crippen LogP contribution in [0.5, 0.6) is 0 Å². The Hall–Kier alpha value is -2.59. The molecule has 128 valence electrons. The molecule has 0 spiro atoms. The fourth-order valence-corrected chi connectivity index (χ4v) is 3.06. The summed E-state index contributed by atoms with van der Waals surface area (Å²) in [6.45, 7) is 0.389. The monoisotopic (exact) mass is 355 g/mol. The van der Waals surface area contributed by atoms with Crippen molar-refractivity contribution in [2.24, 2.45) is 0 Å². The molecule has 25 heavy (non-hydrogen) atoms. The Kier molecular flexibility index (Phi) is 5.19. The van der Waals surface area contributed by atoms with E-state index >= 15 is 0 Å². The number of hydrogen-bond donors (Lipinski definition) is 0. The standard InChI is InChI=1S/C20H18ClNO3/c1-25-20(24)18-12-15-4-2-3-5-16(15)13-22(18)19(23)11-8-14-6-9-17(21)10-7-14/h2-11,18H,12-13H2,1H3/b11-8+. The molecule has 4 nitrogen and oxygen atoms in total. The van der Waals surface area contributed by atoms with E-state index in [-0.39, 0.29) is 5.91 Å². The SMILES string of the molecule is COC(=O)C1Cc2ccccc2CN1C(=O)/C=C/c1ccc(Cl)cc1. The molecule has 1 aliphatic heterocycles. The highest BCUT2D eigenvalue weighted by Gasteiger charge is 2.34. The van der Waals surface area contributed by atoms with E-state index in [4.69, 9.17) is 16.3 Å². The summed E-state index contributed by atoms with van der Waals surface area (Å²) in [5.74, 6) is -0.623. The zero-order chi connectivity index (χ0) is 17.8. The lowest BCUT2D eigenvalue weighted by Gasteiger charge is -2.34. The number of halogens is 1. The summed E-state index contributed by atoms with van der Waals surface area (Å²) in [7, 11) is 1.34. The zero-order valence-corrected chi connectivity index (χ0v) is 14.6. The van der Waals surface area contributed by atoms with Crippen LogP contribution in [0.15, 0.2) is 54.6 Å². The molecule has 0 aromatic heterocycles. The fraction of sp³-hybridized carbons (Fsp3) is 0.200. The topological polar surface area (TPSA) is 46.6 Å². The van der Waals surface area contributed by atoms with Gasteiger partial charge in [-0.15, -0.1) is 0 Å². The van der Waals surface area contributed by atoms with Gasteiger partial charge < -0.3 is 9.64 Å². The number of ether oxygens (including phenoxy) is 1. The van der Waals surface area contributed by atoms with E-state index < -0.39 is 12.0 Å². The van der Waals surface area contributed by atoms with Crippen molar-refractivity contribution < 1.29 is 14.3 Å². The van der Waals surface area contributed by atoms with E-state index in [2.05, 4.69) is 0 Å². The minimum Gasteiger partial charge on any atom is -0.467 e. The Bertz CT molecular complexity index is 814. The van der Waals surface area contributed by atoms with Crippen molar-refractivity contribution in [2.75, 3.05) is 7.11 Å². The summed E-state index contributed by atoms with van der Waals surface area (Å²) in [4.78, 5) is 26.4. The first-order valence-corrected chi connectivity index (χ1v) is 8.35. The van der Waals surface area contributed by atoms with Crippen molar-refractivity contribution in [2.45, 2.75) is 19.0 Å². The van der Waals surface area contributed by atoms with E-state index in [9.17, 15) is 9.59 Å². The molecule has 3 rings (SSSR count). The number of esters is 1. The van der Waals surface area contributed by atoms with Crippen molar-refractivity contribution >= 4 is 29.6 Å². The van der Waals surface area contributed by atoms with Gasteiger partial charge in [0.2, 0.25) is 5.91 Å². The predicted molar refractivity (Wildman–Crippen MR) is 97.0 cm³/mol. The molecule has 0 saturated carbocycles. The second kappa shape index (κ2) is 7.53. The minimum atomic E-state index is -0.609. The number of nitrogens with zero attached hydrogens (tertiary/aromatic N) is 1. The van der Waals surface area contributed by atoms with Gasteiger partial charge in [0.25, 0.3) is 0 Å². The average molecular weight is 356 g/mol. The maximum atomic E-state index is 12.7. The van der Waals surface area contributed by atoms with Gasteiger partial charge >= 0.3 is 5.97 Å². The van der Waals surface area contributed by atoms with Gasteiger partial charge in [0.15, 0.2) is 0 Å². The van der Waals surface area contributed by atoms with Crippen molar-refractivity contribution in [1.82, 2.24) is 4.90 Å². The fourth-order valence-electron chi connectivity index (χ4n) is 2.94. The van der Waals surface area contributed by atoms with Crippen LogP contribution in [-0.2, 0) is 27.3 Å². The number of carbonyl (C=O) groups excluding carboxylic acids is 2. The van der Waals surface area contributed by atoms with Gasteiger partial charge in [0.1, 0.15) is 6.04 Å². The molecule has 0 aliphatic carbocycles. The number of carbonyl (C=O) groups is 2. The van der Waals surface area contributed by atoms with E-state index in [1.807, 2.05) is 36.4 Å². The Morgan fingerprint density at radius 2 is 1.80 bits per heavy atom. The highest BCUT2D eigenvalue weighted by Crippen LogP contribution is 2.24. The number of benzene rings is 2. The average Bonchev–Trinajstić information content (AvgIpc) is 2.65. The molecule has 5 heteroatoms. The number of hydrogen-bond acceptors (Lipinski definition) is 3. The summed E-state index contributed by atoms with van der Waals surface area (Å²) in [6, 6.07) is 14.4. The van der Waals surface area contributed by atoms with Crippen LogP contribution in [0.1, 0.15) is 16.7 Å². The maximum absolute atomic E-state index is 12.7. The molecule has 1 amide bonds. The van der Waals surface area contributed by atoms with E-state index in [1.165, 1.54) is 13.2 Å². The quantitative estimate of drug-likeness (QED) is 0.625. The van der Waals surface area contributed by atoms with E-state index in [0.717, 1.165) is 16.7 Å². The molecule has 1 unspecified atom stereocenters. The Morgan fingerprint density at radius 1 is 1.12 bits per heavy atom. The molecule has 1 atom stereocenters. The van der Waals surface area contributed by atoms with Gasteiger partial charge in [-0.05, 0) is 34.9 Å². The first kappa shape index (κ1) is 17.2. The molecule has 2 aromatic carbocycles. The smallest absolute Gasteiger partial charge is 0.328 e. The van der Waals surface area contributed by atoms with Gasteiger partial charge in [-0.2, -0.15) is 0 Å². The predicted octanol–water partition coefficient (Wildman–Crippen LogP) is 3.48. The van der Waals surface area contributed by atoms with Crippen LogP contribution < -0.4 is 0 Å². The third kappa shape index (κ3) is 3.91. The maximum Gasteiger partial charge on any atom is 0.328 e. The third-order valence-corrected chi connectivity index (χ3v) is 4.55. The van der Waals surface area contributed by atoms with E-state index in [0.29, 0.717) is 18.0 Å².